The van der Waals surface area contributed by atoms with Crippen molar-refractivity contribution in [3.8, 4) is 46.3 Å². The highest BCUT2D eigenvalue weighted by molar-refractivity contribution is 6.27. The van der Waals surface area contributed by atoms with Crippen molar-refractivity contribution >= 4 is 219 Å². The fourth-order valence-electron chi connectivity index (χ4n) is 22.5. The number of benzene rings is 22. The number of hydrogen-bond donors (Lipinski definition) is 0. The lowest BCUT2D eigenvalue weighted by atomic mass is 10.0. The number of para-hydroxylation sites is 8. The van der Waals surface area contributed by atoms with Gasteiger partial charge in [-0.25, -0.2) is 9.69 Å². The summed E-state index contributed by atoms with van der Waals surface area (Å²) >= 11 is 0. The normalized spacial score (nSPS) is 11.7. The molecule has 12 heteroatoms. The van der Waals surface area contributed by atoms with Crippen LogP contribution in [0.15, 0.2) is 461 Å². The Labute approximate surface area is 802 Å². The second-order valence-corrected chi connectivity index (χ2v) is 35.8. The number of nitrogens with zero attached hydrogens (tertiary/aromatic N) is 12. The quantitative estimate of drug-likeness (QED) is 0.114. The topological polar surface area (TPSA) is 92.4 Å². The van der Waals surface area contributed by atoms with Gasteiger partial charge in [0.25, 0.3) is 0 Å². The van der Waals surface area contributed by atoms with Crippen LogP contribution in [0.1, 0.15) is 11.1 Å². The smallest absolute Gasteiger partial charge is 0.212 e. The van der Waals surface area contributed by atoms with E-state index in [0.29, 0.717) is 45.3 Å². The van der Waals surface area contributed by atoms with Crippen molar-refractivity contribution in [3.05, 3.63) is 495 Å². The number of aromatic nitrogens is 6. The average Bonchev–Trinajstić information content (AvgIpc) is 1.57. The molecule has 22 aromatic carbocycles. The maximum absolute atomic E-state index is 11.3. The van der Waals surface area contributed by atoms with Crippen LogP contribution >= 0.6 is 0 Å². The van der Waals surface area contributed by atoms with E-state index in [4.69, 9.17) is 13.1 Å². The lowest BCUT2D eigenvalue weighted by Gasteiger charge is -2.25. The molecular formula is C128H76N12. The van der Waals surface area contributed by atoms with Crippen LogP contribution in [0.3, 0.4) is 0 Å². The Kier molecular flexibility index (Phi) is 18.3. The van der Waals surface area contributed by atoms with Gasteiger partial charge in [0, 0.05) is 110 Å². The minimum absolute atomic E-state index is 0.437. The predicted octanol–water partition coefficient (Wildman–Crippen LogP) is 34.4. The van der Waals surface area contributed by atoms with E-state index in [1.54, 1.807) is 0 Å². The van der Waals surface area contributed by atoms with Gasteiger partial charge in [-0.1, -0.05) is 267 Å². The Bertz CT molecular complexity index is 9520. The van der Waals surface area contributed by atoms with Gasteiger partial charge in [0.1, 0.15) is 12.1 Å². The van der Waals surface area contributed by atoms with E-state index < -0.39 is 0 Å². The van der Waals surface area contributed by atoms with Gasteiger partial charge >= 0.3 is 0 Å². The first-order chi connectivity index (χ1) is 69.3. The Hall–Kier alpha value is -19.8. The van der Waals surface area contributed by atoms with Crippen LogP contribution in [0, 0.1) is 35.8 Å². The fourth-order valence-corrected chi connectivity index (χ4v) is 22.5. The third-order valence-corrected chi connectivity index (χ3v) is 28.4. The molecule has 28 aromatic rings. The van der Waals surface area contributed by atoms with Crippen molar-refractivity contribution in [2.45, 2.75) is 0 Å². The predicted molar refractivity (Wildman–Crippen MR) is 580 cm³/mol. The molecule has 0 unspecified atom stereocenters. The second kappa shape index (κ2) is 32.0. The zero-order valence-electron chi connectivity index (χ0n) is 75.2. The molecule has 0 aliphatic heterocycles. The molecule has 0 spiro atoms. The molecule has 6 heterocycles. The number of hydrogen-bond acceptors (Lipinski definition) is 4. The lowest BCUT2D eigenvalue weighted by molar-refractivity contribution is 1.14. The summed E-state index contributed by atoms with van der Waals surface area (Å²) in [5, 5.41) is 45.0. The first-order valence-electron chi connectivity index (χ1n) is 46.9. The minimum Gasteiger partial charge on any atom is -0.319 e. The summed E-state index contributed by atoms with van der Waals surface area (Å²) in [6.07, 6.45) is 0. The van der Waals surface area contributed by atoms with Gasteiger partial charge in [-0.2, -0.15) is 10.5 Å². The largest absolute Gasteiger partial charge is 0.319 e. The van der Waals surface area contributed by atoms with Crippen molar-refractivity contribution in [2.75, 3.05) is 9.80 Å². The Morgan fingerprint density at radius 2 is 0.421 bits per heavy atom. The van der Waals surface area contributed by atoms with Gasteiger partial charge in [0.15, 0.2) is 0 Å². The highest BCUT2D eigenvalue weighted by Gasteiger charge is 2.30. The van der Waals surface area contributed by atoms with Crippen LogP contribution < -0.4 is 9.80 Å². The van der Waals surface area contributed by atoms with E-state index in [-0.39, 0.29) is 0 Å². The molecular weight excluding hydrogens is 1710 g/mol. The van der Waals surface area contributed by atoms with Gasteiger partial charge in [-0.05, 0) is 237 Å². The lowest BCUT2D eigenvalue weighted by Crippen LogP contribution is -2.09. The van der Waals surface area contributed by atoms with Crippen molar-refractivity contribution in [2.24, 2.45) is 0 Å². The number of fused-ring (bicyclic) bond motifs is 26. The first-order valence-corrected chi connectivity index (χ1v) is 46.9. The molecule has 0 radical (unpaired) electrons. The van der Waals surface area contributed by atoms with Gasteiger partial charge in [-0.3, -0.25) is 0 Å². The SMILES string of the molecule is [C-]#[N+]c1cc(-n2c3ccc(-n4c5ccccc5c5ccccc54)cc3c3c4ccccc4ccc32)c(C#N)cc1-n1c2ccc(-n3c4ccccc4c4ccccc43)cc2c2c3ccccc3ccc21.[C-]#[N+]c1cc(-n2c3ccc(N(c4ccccc4)c4ccccc4)cc3c3c4ccccc4ccc32)c(C#N)cc1-n1c2ccc(N(c3ccccc3)c3ccccc3)cc2c2c3ccccc3ccc21. The molecule has 0 saturated carbocycles. The number of nitriles is 2. The maximum Gasteiger partial charge on any atom is 0.212 e. The third-order valence-electron chi connectivity index (χ3n) is 28.4. The minimum atomic E-state index is 0.437. The number of rotatable bonds is 12. The van der Waals surface area contributed by atoms with Crippen LogP contribution in [0.25, 0.3) is 218 Å². The van der Waals surface area contributed by atoms with Crippen LogP contribution in [0.2, 0.25) is 0 Å². The van der Waals surface area contributed by atoms with Gasteiger partial charge in [0.2, 0.25) is 11.4 Å². The Morgan fingerprint density at radius 3 is 0.707 bits per heavy atom. The van der Waals surface area contributed by atoms with Crippen molar-refractivity contribution < 1.29 is 0 Å². The molecule has 0 fully saturated rings. The van der Waals surface area contributed by atoms with E-state index in [2.05, 4.69) is 472 Å². The third kappa shape index (κ3) is 12.3. The Balaban J connectivity index is 0.000000141. The zero-order chi connectivity index (χ0) is 92.9. The fraction of sp³-hybridized carbons (Fsp3) is 0. The van der Waals surface area contributed by atoms with Gasteiger partial charge < -0.3 is 37.2 Å². The highest BCUT2D eigenvalue weighted by atomic mass is 15.2. The van der Waals surface area contributed by atoms with Crippen LogP contribution in [-0.2, 0) is 0 Å². The molecule has 0 amide bonds. The monoisotopic (exact) mass is 1780 g/mol. The summed E-state index contributed by atoms with van der Waals surface area (Å²) in [5.41, 5.74) is 24.9. The summed E-state index contributed by atoms with van der Waals surface area (Å²) in [5.74, 6) is 0. The van der Waals surface area contributed by atoms with E-state index in [1.165, 1.54) is 21.5 Å². The molecule has 6 aromatic heterocycles. The molecule has 28 rings (SSSR count). The summed E-state index contributed by atoms with van der Waals surface area (Å²) in [4.78, 5) is 13.1. The molecule has 12 nitrogen and oxygen atoms in total. The standard InChI is InChI=1S/C64H36N6.C64H40N6/c1-66-52-37-61(69-57-32-28-42(35-50(57)63-44-16-4-2-14-39(44)26-30-59(63)69)67-53-22-10-6-18-46(53)47-19-7-11-23-54(47)67)41(38-65)34-62(52)70-58-33-29-43(36-51(58)64-45-17-5-3-15-40(45)27-31-60(64)70)68-55-24-12-8-20-48(55)49-21-9-13-25-56(49)68;1-66-56-41-61(69-57-36-32-50(67(46-20-6-2-7-21-46)47-22-8-3-9-23-47)39-54(57)63-52-28-16-14-18-43(52)30-34-59(63)69)45(42-65)38-62(56)70-58-37-33-51(68(48-24-10-4-11-25-48)49-26-12-5-13-27-49)40-55(58)64-53-29-17-15-19-44(53)31-35-60(64)70/h2-37H;2-41H. The van der Waals surface area contributed by atoms with E-state index in [0.717, 1.165) is 198 Å². The van der Waals surface area contributed by atoms with Crippen LogP contribution in [0.5, 0.6) is 0 Å². The molecule has 0 aliphatic rings. The van der Waals surface area contributed by atoms with E-state index in [1.807, 2.05) is 48.5 Å². The average molecular weight is 1780 g/mol. The van der Waals surface area contributed by atoms with E-state index in [9.17, 15) is 10.5 Å². The zero-order valence-corrected chi connectivity index (χ0v) is 75.2. The summed E-state index contributed by atoms with van der Waals surface area (Å²) in [6, 6.07) is 167. The second-order valence-electron chi connectivity index (χ2n) is 35.8. The maximum atomic E-state index is 11.3. The molecule has 648 valence electrons. The molecule has 0 saturated heterocycles. The summed E-state index contributed by atoms with van der Waals surface area (Å²) in [7, 11) is 0. The summed E-state index contributed by atoms with van der Waals surface area (Å²) < 4.78 is 13.5. The molecule has 0 bridgehead atoms. The summed E-state index contributed by atoms with van der Waals surface area (Å²) in [6.45, 7) is 17.7. The van der Waals surface area contributed by atoms with Gasteiger partial charge in [-0.15, -0.1) is 0 Å². The van der Waals surface area contributed by atoms with E-state index >= 15 is 0 Å². The molecule has 140 heavy (non-hydrogen) atoms. The first kappa shape index (κ1) is 79.9. The molecule has 0 N–H and O–H groups in total. The molecule has 0 atom stereocenters. The van der Waals surface area contributed by atoms with Gasteiger partial charge in [0.05, 0.1) is 113 Å². The van der Waals surface area contributed by atoms with Crippen molar-refractivity contribution in [3.63, 3.8) is 0 Å². The van der Waals surface area contributed by atoms with Crippen molar-refractivity contribution in [1.29, 1.82) is 10.5 Å². The van der Waals surface area contributed by atoms with Crippen LogP contribution in [0.4, 0.5) is 45.5 Å². The number of anilines is 6. The molecule has 0 aliphatic carbocycles. The van der Waals surface area contributed by atoms with Crippen molar-refractivity contribution in [1.82, 2.24) is 27.4 Å². The van der Waals surface area contributed by atoms with Crippen LogP contribution in [-0.4, -0.2) is 27.4 Å². The Morgan fingerprint density at radius 1 is 0.186 bits per heavy atom. The highest BCUT2D eigenvalue weighted by Crippen LogP contribution is 2.51.